The van der Waals surface area contributed by atoms with Gasteiger partial charge in [-0.2, -0.15) is 0 Å². The number of nitrogens with zero attached hydrogens (tertiary/aromatic N) is 1. The van der Waals surface area contributed by atoms with Crippen LogP contribution in [0, 0.1) is 0 Å². The number of aliphatic hydroxyl groups is 3. The number of benzene rings is 2. The molecule has 2 saturated heterocycles. The molecular formula is C31H38ClNO11. The summed E-state index contributed by atoms with van der Waals surface area (Å²) in [6.45, 7) is 5.43. The molecule has 240 valence electrons. The fraction of sp³-hybridized carbons (Fsp3) is 0.548. The summed E-state index contributed by atoms with van der Waals surface area (Å²) in [5.74, 6) is -2.36. The number of aliphatic hydroxyl groups excluding tert-OH is 2. The smallest absolute Gasteiger partial charge is 0.202 e. The van der Waals surface area contributed by atoms with Gasteiger partial charge in [-0.05, 0) is 19.9 Å². The van der Waals surface area contributed by atoms with Crippen molar-refractivity contribution in [1.29, 1.82) is 0 Å². The molecule has 5 N–H and O–H groups in total. The van der Waals surface area contributed by atoms with Crippen molar-refractivity contribution in [2.75, 3.05) is 33.4 Å². The number of phenols is 2. The number of aromatic hydroxyl groups is 2. The molecule has 2 aliphatic carbocycles. The van der Waals surface area contributed by atoms with E-state index in [-0.39, 0.29) is 76.8 Å². The number of hydrogen-bond acceptors (Lipinski definition) is 12. The molecule has 0 amide bonds. The molecule has 2 aromatic carbocycles. The largest absolute Gasteiger partial charge is 0.507 e. The van der Waals surface area contributed by atoms with Crippen LogP contribution in [0.4, 0.5) is 0 Å². The monoisotopic (exact) mass is 635 g/mol. The van der Waals surface area contributed by atoms with E-state index in [2.05, 4.69) is 4.90 Å². The predicted octanol–water partition coefficient (Wildman–Crippen LogP) is 1.62. The number of carbonyl (C=O) groups excluding carboxylic acids is 2. The molecule has 2 aromatic rings. The molecule has 0 aromatic heterocycles. The first-order valence-corrected chi connectivity index (χ1v) is 14.5. The zero-order valence-electron chi connectivity index (χ0n) is 24.7. The third kappa shape index (κ3) is 5.17. The molecule has 0 saturated carbocycles. The van der Waals surface area contributed by atoms with Crippen LogP contribution in [0.25, 0.3) is 0 Å². The molecule has 0 radical (unpaired) electrons. The number of ether oxygens (including phenoxy) is 4. The number of methoxy groups -OCH3 is 1. The number of carbonyl (C=O) groups is 2. The molecule has 0 spiro atoms. The lowest BCUT2D eigenvalue weighted by Gasteiger charge is -2.46. The summed E-state index contributed by atoms with van der Waals surface area (Å²) in [7, 11) is 1.36. The SMILES string of the molecule is COc1cccc2c1C(=O)c1c(O)c3c(c(O)c1C2=O)C[C@@](O)(C(C)O)CC3OC1CC(N2CCOCC2)C(O)C(C)O1.Cl. The van der Waals surface area contributed by atoms with Crippen LogP contribution in [0.2, 0.25) is 0 Å². The maximum atomic E-state index is 13.8. The van der Waals surface area contributed by atoms with Crippen LogP contribution < -0.4 is 4.74 Å². The van der Waals surface area contributed by atoms with E-state index in [0.29, 0.717) is 26.3 Å². The van der Waals surface area contributed by atoms with Gasteiger partial charge in [0.05, 0.1) is 67.0 Å². The van der Waals surface area contributed by atoms with Gasteiger partial charge in [0.2, 0.25) is 5.78 Å². The minimum absolute atomic E-state index is 0. The van der Waals surface area contributed by atoms with Crippen molar-refractivity contribution < 1.29 is 54.1 Å². The third-order valence-corrected chi connectivity index (χ3v) is 9.39. The Bertz CT molecular complexity index is 1460. The Hall–Kier alpha value is -2.81. The van der Waals surface area contributed by atoms with E-state index in [4.69, 9.17) is 18.9 Å². The van der Waals surface area contributed by atoms with Crippen molar-refractivity contribution in [3.63, 3.8) is 0 Å². The molecule has 0 bridgehead atoms. The van der Waals surface area contributed by atoms with Gasteiger partial charge in [0.25, 0.3) is 0 Å². The van der Waals surface area contributed by atoms with Crippen molar-refractivity contribution in [1.82, 2.24) is 4.90 Å². The van der Waals surface area contributed by atoms with Gasteiger partial charge >= 0.3 is 0 Å². The molecule has 6 rings (SSSR count). The fourth-order valence-corrected chi connectivity index (χ4v) is 6.95. The second-order valence-electron chi connectivity index (χ2n) is 11.9. The van der Waals surface area contributed by atoms with Crippen LogP contribution in [0.1, 0.15) is 75.8 Å². The Kier molecular flexibility index (Phi) is 9.02. The summed E-state index contributed by atoms with van der Waals surface area (Å²) in [5.41, 5.74) is -2.55. The van der Waals surface area contributed by atoms with E-state index in [9.17, 15) is 35.1 Å². The molecule has 4 aliphatic rings. The van der Waals surface area contributed by atoms with Gasteiger partial charge in [-0.25, -0.2) is 0 Å². The predicted molar refractivity (Wildman–Crippen MR) is 157 cm³/mol. The molecular weight excluding hydrogens is 598 g/mol. The van der Waals surface area contributed by atoms with Crippen molar-refractivity contribution in [2.45, 2.75) is 75.5 Å². The Morgan fingerprint density at radius 1 is 1.07 bits per heavy atom. The highest BCUT2D eigenvalue weighted by Crippen LogP contribution is 2.53. The quantitative estimate of drug-likeness (QED) is 0.257. The lowest BCUT2D eigenvalue weighted by Crippen LogP contribution is -2.58. The molecule has 13 heteroatoms. The van der Waals surface area contributed by atoms with E-state index in [1.54, 1.807) is 13.0 Å². The normalized spacial score (nSPS) is 30.9. The van der Waals surface area contributed by atoms with Gasteiger partial charge in [0.1, 0.15) is 17.2 Å². The van der Waals surface area contributed by atoms with E-state index in [0.717, 1.165) is 0 Å². The third-order valence-electron chi connectivity index (χ3n) is 9.39. The summed E-state index contributed by atoms with van der Waals surface area (Å²) < 4.78 is 23.2. The molecule has 2 aliphatic heterocycles. The maximum Gasteiger partial charge on any atom is 0.202 e. The molecule has 2 fully saturated rings. The average molecular weight is 636 g/mol. The van der Waals surface area contributed by atoms with Crippen LogP contribution in [0.3, 0.4) is 0 Å². The van der Waals surface area contributed by atoms with E-state index in [1.165, 1.54) is 26.2 Å². The first kappa shape index (κ1) is 32.6. The number of rotatable bonds is 5. The van der Waals surface area contributed by atoms with Crippen molar-refractivity contribution in [3.05, 3.63) is 51.6 Å². The first-order valence-electron chi connectivity index (χ1n) is 14.5. The summed E-state index contributed by atoms with van der Waals surface area (Å²) in [6.07, 6.45) is -5.01. The topological polar surface area (TPSA) is 175 Å². The van der Waals surface area contributed by atoms with Crippen molar-refractivity contribution >= 4 is 24.0 Å². The second-order valence-corrected chi connectivity index (χ2v) is 11.9. The van der Waals surface area contributed by atoms with Crippen LogP contribution in [-0.4, -0.2) is 112 Å². The highest BCUT2D eigenvalue weighted by atomic mass is 35.5. The van der Waals surface area contributed by atoms with E-state index >= 15 is 0 Å². The van der Waals surface area contributed by atoms with E-state index in [1.807, 2.05) is 0 Å². The first-order chi connectivity index (χ1) is 20.5. The van der Waals surface area contributed by atoms with Gasteiger partial charge in [-0.1, -0.05) is 12.1 Å². The Morgan fingerprint density at radius 3 is 2.41 bits per heavy atom. The van der Waals surface area contributed by atoms with Gasteiger partial charge in [-0.3, -0.25) is 14.5 Å². The van der Waals surface area contributed by atoms with Crippen molar-refractivity contribution in [3.8, 4) is 17.2 Å². The average Bonchev–Trinajstić information content (AvgIpc) is 2.99. The standard InChI is InChI=1S/C31H37NO11.ClH/c1-14-26(34)18(32-7-9-41-10-8-32)11-21(42-14)43-20-13-31(39,15(2)33)12-17-23(20)30(38)25-24(28(17)36)27(35)16-5-4-6-19(40-3)22(16)29(25)37;/h4-6,14-15,18,20-21,26,33-34,36,38-39H,7-13H2,1-3H3;1H/t14?,15?,18?,20?,21?,26?,31-;/m0./s1. The Morgan fingerprint density at radius 2 is 1.75 bits per heavy atom. The summed E-state index contributed by atoms with van der Waals surface area (Å²) in [6, 6.07) is 4.20. The minimum atomic E-state index is -1.80. The fourth-order valence-electron chi connectivity index (χ4n) is 6.95. The maximum absolute atomic E-state index is 13.8. The number of morpholine rings is 1. The number of phenolic OH excluding ortho intramolecular Hbond substituents is 2. The van der Waals surface area contributed by atoms with Crippen LogP contribution in [0.15, 0.2) is 18.2 Å². The minimum Gasteiger partial charge on any atom is -0.507 e. The van der Waals surface area contributed by atoms with Crippen molar-refractivity contribution in [2.24, 2.45) is 0 Å². The number of hydrogen-bond donors (Lipinski definition) is 5. The zero-order valence-corrected chi connectivity index (χ0v) is 25.5. The second kappa shape index (κ2) is 12.2. The van der Waals surface area contributed by atoms with Crippen LogP contribution in [0.5, 0.6) is 17.2 Å². The van der Waals surface area contributed by atoms with Gasteiger partial charge < -0.3 is 44.5 Å². The molecule has 6 unspecified atom stereocenters. The lowest BCUT2D eigenvalue weighted by molar-refractivity contribution is -0.263. The molecule has 12 nitrogen and oxygen atoms in total. The molecule has 7 atom stereocenters. The highest BCUT2D eigenvalue weighted by Gasteiger charge is 2.49. The van der Waals surface area contributed by atoms with Crippen LogP contribution >= 0.6 is 12.4 Å². The summed E-state index contributed by atoms with van der Waals surface area (Å²) >= 11 is 0. The number of fused-ring (bicyclic) bond motifs is 3. The van der Waals surface area contributed by atoms with Gasteiger partial charge in [-0.15, -0.1) is 12.4 Å². The Balaban J connectivity index is 0.00000384. The van der Waals surface area contributed by atoms with Gasteiger partial charge in [0, 0.05) is 55.1 Å². The summed E-state index contributed by atoms with van der Waals surface area (Å²) in [5, 5.41) is 56.2. The van der Waals surface area contributed by atoms with Crippen LogP contribution in [-0.2, 0) is 20.6 Å². The number of halogens is 1. The summed E-state index contributed by atoms with van der Waals surface area (Å²) in [4.78, 5) is 29.6. The zero-order chi connectivity index (χ0) is 30.8. The highest BCUT2D eigenvalue weighted by molar-refractivity contribution is 6.31. The number of ketones is 2. The molecule has 2 heterocycles. The Labute approximate surface area is 260 Å². The van der Waals surface area contributed by atoms with E-state index < -0.39 is 59.4 Å². The molecule has 44 heavy (non-hydrogen) atoms. The lowest BCUT2D eigenvalue weighted by atomic mass is 9.71. The van der Waals surface area contributed by atoms with Gasteiger partial charge in [0.15, 0.2) is 12.1 Å².